The van der Waals surface area contributed by atoms with Gasteiger partial charge in [-0.2, -0.15) is 0 Å². The average Bonchev–Trinajstić information content (AvgIpc) is 3.72. The molecule has 2 aliphatic rings. The standard InChI is InChI=1S/C48H37NO/c1-47(2)37-18-10-8-16-33(37)34-27-25-32(29-40(34)47)49(42-21-13-23-44-46(42)36-17-9-11-22-43(36)50-44)41-20-12-19-38-45(41)35-26-24-31(28-39(35)48(38,3)4)30-14-6-5-7-15-30/h5-29H,1-4H3. The van der Waals surface area contributed by atoms with Crippen LogP contribution in [-0.2, 0) is 10.8 Å². The number of nitrogens with zero attached hydrogens (tertiary/aromatic N) is 1. The highest BCUT2D eigenvalue weighted by Crippen LogP contribution is 2.57. The van der Waals surface area contributed by atoms with Crippen molar-refractivity contribution < 1.29 is 4.42 Å². The van der Waals surface area contributed by atoms with E-state index in [0.29, 0.717) is 0 Å². The average molecular weight is 644 g/mol. The fourth-order valence-corrected chi connectivity index (χ4v) is 8.95. The van der Waals surface area contributed by atoms with Gasteiger partial charge >= 0.3 is 0 Å². The molecular weight excluding hydrogens is 607 g/mol. The first-order valence-electron chi connectivity index (χ1n) is 17.6. The van der Waals surface area contributed by atoms with Crippen LogP contribution in [-0.4, -0.2) is 0 Å². The first kappa shape index (κ1) is 29.1. The van der Waals surface area contributed by atoms with Crippen LogP contribution in [0.5, 0.6) is 0 Å². The molecule has 0 saturated heterocycles. The molecule has 2 nitrogen and oxygen atoms in total. The van der Waals surface area contributed by atoms with Crippen LogP contribution < -0.4 is 4.90 Å². The second-order valence-electron chi connectivity index (χ2n) is 14.9. The van der Waals surface area contributed by atoms with Crippen LogP contribution in [0.2, 0.25) is 0 Å². The zero-order chi connectivity index (χ0) is 33.8. The van der Waals surface area contributed by atoms with E-state index in [1.165, 1.54) is 61.3 Å². The first-order chi connectivity index (χ1) is 24.3. The number of para-hydroxylation sites is 1. The molecule has 0 amide bonds. The van der Waals surface area contributed by atoms with Gasteiger partial charge in [-0.05, 0) is 92.5 Å². The summed E-state index contributed by atoms with van der Waals surface area (Å²) in [6.07, 6.45) is 0. The van der Waals surface area contributed by atoms with Crippen LogP contribution in [0.3, 0.4) is 0 Å². The number of hydrogen-bond acceptors (Lipinski definition) is 2. The third-order valence-electron chi connectivity index (χ3n) is 11.5. The van der Waals surface area contributed by atoms with Gasteiger partial charge in [-0.1, -0.05) is 137 Å². The van der Waals surface area contributed by atoms with E-state index in [2.05, 4.69) is 184 Å². The van der Waals surface area contributed by atoms with Crippen molar-refractivity contribution in [1.29, 1.82) is 0 Å². The van der Waals surface area contributed by atoms with Gasteiger partial charge in [0.1, 0.15) is 11.2 Å². The van der Waals surface area contributed by atoms with Gasteiger partial charge in [0.25, 0.3) is 0 Å². The predicted molar refractivity (Wildman–Crippen MR) is 209 cm³/mol. The van der Waals surface area contributed by atoms with E-state index >= 15 is 0 Å². The Morgan fingerprint density at radius 1 is 0.440 bits per heavy atom. The molecule has 0 N–H and O–H groups in total. The van der Waals surface area contributed by atoms with Crippen LogP contribution in [0, 0.1) is 0 Å². The molecule has 1 heterocycles. The Labute approximate surface area is 293 Å². The molecule has 7 aromatic carbocycles. The Hall–Kier alpha value is -5.86. The maximum Gasteiger partial charge on any atom is 0.137 e. The molecule has 2 aliphatic carbocycles. The van der Waals surface area contributed by atoms with E-state index in [1.54, 1.807) is 0 Å². The van der Waals surface area contributed by atoms with Gasteiger partial charge in [0.05, 0.1) is 16.8 Å². The Balaban J connectivity index is 1.26. The van der Waals surface area contributed by atoms with Gasteiger partial charge in [-0.15, -0.1) is 0 Å². The molecular formula is C48H37NO. The van der Waals surface area contributed by atoms with Crippen molar-refractivity contribution in [1.82, 2.24) is 0 Å². The van der Waals surface area contributed by atoms with Crippen LogP contribution >= 0.6 is 0 Å². The molecule has 2 heteroatoms. The molecule has 0 atom stereocenters. The smallest absolute Gasteiger partial charge is 0.137 e. The van der Waals surface area contributed by atoms with Crippen LogP contribution in [0.25, 0.3) is 55.3 Å². The van der Waals surface area contributed by atoms with Crippen LogP contribution in [0.4, 0.5) is 17.1 Å². The van der Waals surface area contributed by atoms with Crippen molar-refractivity contribution in [3.63, 3.8) is 0 Å². The van der Waals surface area contributed by atoms with Gasteiger partial charge in [0.15, 0.2) is 0 Å². The van der Waals surface area contributed by atoms with Gasteiger partial charge in [-0.3, -0.25) is 0 Å². The van der Waals surface area contributed by atoms with E-state index in [0.717, 1.165) is 33.3 Å². The maximum absolute atomic E-state index is 6.47. The summed E-state index contributed by atoms with van der Waals surface area (Å²) in [5.74, 6) is 0. The lowest BCUT2D eigenvalue weighted by atomic mass is 9.81. The summed E-state index contributed by atoms with van der Waals surface area (Å²) in [5, 5.41) is 2.25. The molecule has 0 fully saturated rings. The van der Waals surface area contributed by atoms with E-state index in [9.17, 15) is 0 Å². The second kappa shape index (κ2) is 10.3. The Kier molecular flexibility index (Phi) is 6.01. The zero-order valence-corrected chi connectivity index (χ0v) is 28.8. The van der Waals surface area contributed by atoms with E-state index in [4.69, 9.17) is 4.42 Å². The zero-order valence-electron chi connectivity index (χ0n) is 28.8. The maximum atomic E-state index is 6.47. The topological polar surface area (TPSA) is 16.4 Å². The summed E-state index contributed by atoms with van der Waals surface area (Å²) in [5.41, 5.74) is 18.1. The number of furan rings is 1. The number of anilines is 3. The summed E-state index contributed by atoms with van der Waals surface area (Å²) in [6.45, 7) is 9.47. The highest BCUT2D eigenvalue weighted by molar-refractivity contribution is 6.14. The molecule has 50 heavy (non-hydrogen) atoms. The predicted octanol–water partition coefficient (Wildman–Crippen LogP) is 13.3. The molecule has 0 unspecified atom stereocenters. The highest BCUT2D eigenvalue weighted by Gasteiger charge is 2.40. The molecule has 0 bridgehead atoms. The van der Waals surface area contributed by atoms with Crippen molar-refractivity contribution in [2.75, 3.05) is 4.90 Å². The third-order valence-corrected chi connectivity index (χ3v) is 11.5. The molecule has 1 aromatic heterocycles. The normalized spacial score (nSPS) is 14.7. The molecule has 0 spiro atoms. The van der Waals surface area contributed by atoms with Crippen LogP contribution in [0.15, 0.2) is 156 Å². The molecule has 10 rings (SSSR count). The van der Waals surface area contributed by atoms with E-state index < -0.39 is 0 Å². The lowest BCUT2D eigenvalue weighted by molar-refractivity contribution is 0.660. The molecule has 0 saturated carbocycles. The quantitative estimate of drug-likeness (QED) is 0.190. The molecule has 0 radical (unpaired) electrons. The second-order valence-corrected chi connectivity index (χ2v) is 14.9. The lowest BCUT2D eigenvalue weighted by Gasteiger charge is -2.31. The van der Waals surface area contributed by atoms with Crippen molar-refractivity contribution in [3.8, 4) is 33.4 Å². The lowest BCUT2D eigenvalue weighted by Crippen LogP contribution is -2.17. The fraction of sp³-hybridized carbons (Fsp3) is 0.125. The van der Waals surface area contributed by atoms with Gasteiger partial charge < -0.3 is 9.32 Å². The number of benzene rings is 7. The van der Waals surface area contributed by atoms with Crippen molar-refractivity contribution in [2.24, 2.45) is 0 Å². The molecule has 0 aliphatic heterocycles. The largest absolute Gasteiger partial charge is 0.456 e. The van der Waals surface area contributed by atoms with Gasteiger partial charge in [0.2, 0.25) is 0 Å². The Bertz CT molecular complexity index is 2660. The number of rotatable bonds is 4. The number of hydrogen-bond donors (Lipinski definition) is 0. The minimum Gasteiger partial charge on any atom is -0.456 e. The fourth-order valence-electron chi connectivity index (χ4n) is 8.95. The minimum atomic E-state index is -0.174. The minimum absolute atomic E-state index is 0.122. The Morgan fingerprint density at radius 2 is 1.08 bits per heavy atom. The van der Waals surface area contributed by atoms with Crippen molar-refractivity contribution in [2.45, 2.75) is 38.5 Å². The first-order valence-corrected chi connectivity index (χ1v) is 17.6. The summed E-state index contributed by atoms with van der Waals surface area (Å²) in [7, 11) is 0. The number of fused-ring (bicyclic) bond motifs is 9. The van der Waals surface area contributed by atoms with Crippen molar-refractivity contribution in [3.05, 3.63) is 174 Å². The van der Waals surface area contributed by atoms with Gasteiger partial charge in [-0.25, -0.2) is 0 Å². The summed E-state index contributed by atoms with van der Waals surface area (Å²) in [6, 6.07) is 55.5. The monoisotopic (exact) mass is 643 g/mol. The van der Waals surface area contributed by atoms with E-state index in [-0.39, 0.29) is 10.8 Å². The highest BCUT2D eigenvalue weighted by atomic mass is 16.3. The van der Waals surface area contributed by atoms with E-state index in [1.807, 2.05) is 0 Å². The van der Waals surface area contributed by atoms with Crippen molar-refractivity contribution >= 4 is 39.0 Å². The third kappa shape index (κ3) is 3.96. The van der Waals surface area contributed by atoms with Crippen LogP contribution in [0.1, 0.15) is 49.9 Å². The summed E-state index contributed by atoms with van der Waals surface area (Å²) < 4.78 is 6.47. The SMILES string of the molecule is CC1(C)c2ccccc2-c2ccc(N(c3cccc4c3-c3ccc(-c5ccccc5)cc3C4(C)C)c3cccc4oc5ccccc5c34)cc21. The Morgan fingerprint density at radius 3 is 1.96 bits per heavy atom. The summed E-state index contributed by atoms with van der Waals surface area (Å²) in [4.78, 5) is 2.50. The molecule has 8 aromatic rings. The molecule has 240 valence electrons. The summed E-state index contributed by atoms with van der Waals surface area (Å²) >= 11 is 0. The van der Waals surface area contributed by atoms with Gasteiger partial charge in [0, 0.05) is 27.5 Å².